The molecule has 1 aliphatic heterocycles. The Kier molecular flexibility index (Phi) is 3.94. The Morgan fingerprint density at radius 3 is 2.86 bits per heavy atom. The number of fused-ring (bicyclic) bond motifs is 1. The maximum atomic E-state index is 12.8. The van der Waals surface area contributed by atoms with Crippen LogP contribution in [0.15, 0.2) is 29.2 Å². The number of benzene rings is 1. The Labute approximate surface area is 126 Å². The van der Waals surface area contributed by atoms with Crippen molar-refractivity contribution in [3.05, 3.63) is 24.3 Å². The van der Waals surface area contributed by atoms with Gasteiger partial charge in [0.2, 0.25) is 10.0 Å². The van der Waals surface area contributed by atoms with E-state index in [4.69, 9.17) is 10.5 Å². The molecule has 2 aliphatic rings. The van der Waals surface area contributed by atoms with Crippen LogP contribution in [0.1, 0.15) is 19.8 Å². The highest BCUT2D eigenvalue weighted by molar-refractivity contribution is 7.89. The largest absolute Gasteiger partial charge is 0.494 e. The second-order valence-corrected chi connectivity index (χ2v) is 7.83. The molecule has 3 rings (SSSR count). The van der Waals surface area contributed by atoms with Crippen LogP contribution in [0.2, 0.25) is 0 Å². The highest BCUT2D eigenvalue weighted by atomic mass is 32.2. The first kappa shape index (κ1) is 14.8. The lowest BCUT2D eigenvalue weighted by Crippen LogP contribution is -2.33. The first-order valence-electron chi connectivity index (χ1n) is 7.51. The third-order valence-corrected chi connectivity index (χ3v) is 6.46. The summed E-state index contributed by atoms with van der Waals surface area (Å²) in [6.45, 7) is 3.54. The Balaban J connectivity index is 1.83. The molecule has 2 fully saturated rings. The molecular weight excluding hydrogens is 288 g/mol. The second-order valence-electron chi connectivity index (χ2n) is 5.90. The minimum Gasteiger partial charge on any atom is -0.494 e. The molecule has 1 saturated carbocycles. The molecule has 1 heterocycles. The van der Waals surface area contributed by atoms with Gasteiger partial charge in [0.05, 0.1) is 11.5 Å². The molecule has 1 aromatic rings. The molecule has 21 heavy (non-hydrogen) atoms. The zero-order valence-corrected chi connectivity index (χ0v) is 13.1. The van der Waals surface area contributed by atoms with Crippen molar-refractivity contribution in [2.75, 3.05) is 19.7 Å². The van der Waals surface area contributed by atoms with E-state index in [0.29, 0.717) is 42.2 Å². The van der Waals surface area contributed by atoms with Crippen LogP contribution in [0.5, 0.6) is 5.75 Å². The highest BCUT2D eigenvalue weighted by Crippen LogP contribution is 2.39. The molecule has 2 N–H and O–H groups in total. The van der Waals surface area contributed by atoms with Gasteiger partial charge in [-0.05, 0) is 43.7 Å². The lowest BCUT2D eigenvalue weighted by Gasteiger charge is -2.19. The Hall–Kier alpha value is -1.11. The van der Waals surface area contributed by atoms with Gasteiger partial charge in [-0.25, -0.2) is 8.42 Å². The Bertz CT molecular complexity index is 617. The fourth-order valence-electron chi connectivity index (χ4n) is 3.50. The van der Waals surface area contributed by atoms with Crippen LogP contribution in [-0.4, -0.2) is 38.5 Å². The molecule has 0 bridgehead atoms. The molecule has 0 amide bonds. The summed E-state index contributed by atoms with van der Waals surface area (Å²) in [4.78, 5) is 0.307. The Morgan fingerprint density at radius 2 is 2.14 bits per heavy atom. The van der Waals surface area contributed by atoms with Crippen molar-refractivity contribution in [1.82, 2.24) is 4.31 Å². The summed E-state index contributed by atoms with van der Waals surface area (Å²) in [6.07, 6.45) is 2.06. The molecule has 0 spiro atoms. The van der Waals surface area contributed by atoms with Gasteiger partial charge in [-0.2, -0.15) is 4.31 Å². The summed E-state index contributed by atoms with van der Waals surface area (Å²) in [7, 11) is -3.45. The predicted octanol–water partition coefficient (Wildman–Crippen LogP) is 1.44. The van der Waals surface area contributed by atoms with E-state index in [-0.39, 0.29) is 6.04 Å². The molecule has 6 heteroatoms. The van der Waals surface area contributed by atoms with E-state index >= 15 is 0 Å². The van der Waals surface area contributed by atoms with E-state index < -0.39 is 10.0 Å². The lowest BCUT2D eigenvalue weighted by molar-refractivity contribution is 0.339. The molecule has 3 unspecified atom stereocenters. The molecule has 1 aromatic carbocycles. The average molecular weight is 310 g/mol. The topological polar surface area (TPSA) is 72.6 Å². The van der Waals surface area contributed by atoms with Gasteiger partial charge in [0.15, 0.2) is 0 Å². The molecule has 0 aromatic heterocycles. The van der Waals surface area contributed by atoms with Gasteiger partial charge < -0.3 is 10.5 Å². The van der Waals surface area contributed by atoms with Gasteiger partial charge >= 0.3 is 0 Å². The van der Waals surface area contributed by atoms with Crippen LogP contribution >= 0.6 is 0 Å². The van der Waals surface area contributed by atoms with Crippen molar-refractivity contribution in [3.8, 4) is 5.75 Å². The van der Waals surface area contributed by atoms with E-state index in [1.807, 2.05) is 6.92 Å². The first-order chi connectivity index (χ1) is 10.0. The van der Waals surface area contributed by atoms with E-state index in [2.05, 4.69) is 0 Å². The molecule has 5 nitrogen and oxygen atoms in total. The molecule has 1 aliphatic carbocycles. The van der Waals surface area contributed by atoms with Crippen LogP contribution in [0, 0.1) is 11.8 Å². The number of ether oxygens (including phenoxy) is 1. The van der Waals surface area contributed by atoms with E-state index in [1.54, 1.807) is 28.6 Å². The molecule has 116 valence electrons. The fourth-order valence-corrected chi connectivity index (χ4v) is 5.07. The van der Waals surface area contributed by atoms with E-state index in [0.717, 1.165) is 12.8 Å². The van der Waals surface area contributed by atoms with Crippen LogP contribution in [0.3, 0.4) is 0 Å². The summed E-state index contributed by atoms with van der Waals surface area (Å²) in [5, 5.41) is 0. The standard InChI is InChI=1S/C15H22N2O3S/c1-2-20-12-4-3-5-13(8-12)21(18,19)17-9-11-6-7-15(16)14(11)10-17/h3-5,8,11,14-15H,2,6-7,9-10,16H2,1H3. The number of nitrogens with zero attached hydrogens (tertiary/aromatic N) is 1. The maximum Gasteiger partial charge on any atom is 0.243 e. The monoisotopic (exact) mass is 310 g/mol. The number of hydrogen-bond acceptors (Lipinski definition) is 4. The third kappa shape index (κ3) is 2.67. The Morgan fingerprint density at radius 1 is 1.33 bits per heavy atom. The summed E-state index contributed by atoms with van der Waals surface area (Å²) >= 11 is 0. The van der Waals surface area contributed by atoms with Crippen molar-refractivity contribution >= 4 is 10.0 Å². The van der Waals surface area contributed by atoms with Crippen LogP contribution in [0.4, 0.5) is 0 Å². The van der Waals surface area contributed by atoms with Gasteiger partial charge in [0.1, 0.15) is 5.75 Å². The van der Waals surface area contributed by atoms with Gasteiger partial charge in [-0.15, -0.1) is 0 Å². The predicted molar refractivity (Wildman–Crippen MR) is 80.6 cm³/mol. The van der Waals surface area contributed by atoms with Crippen molar-refractivity contribution in [2.24, 2.45) is 17.6 Å². The highest BCUT2D eigenvalue weighted by Gasteiger charge is 2.45. The van der Waals surface area contributed by atoms with Gasteiger partial charge in [-0.3, -0.25) is 0 Å². The van der Waals surface area contributed by atoms with Crippen LogP contribution in [0.25, 0.3) is 0 Å². The molecule has 1 saturated heterocycles. The van der Waals surface area contributed by atoms with Gasteiger partial charge in [-0.1, -0.05) is 6.07 Å². The SMILES string of the molecule is CCOc1cccc(S(=O)(=O)N2CC3CCC(N)C3C2)c1. The zero-order chi connectivity index (χ0) is 15.0. The van der Waals surface area contributed by atoms with Crippen molar-refractivity contribution in [1.29, 1.82) is 0 Å². The van der Waals surface area contributed by atoms with E-state index in [9.17, 15) is 8.42 Å². The number of nitrogens with two attached hydrogens (primary N) is 1. The van der Waals surface area contributed by atoms with Crippen molar-refractivity contribution in [3.63, 3.8) is 0 Å². The van der Waals surface area contributed by atoms with E-state index in [1.165, 1.54) is 0 Å². The van der Waals surface area contributed by atoms with Crippen molar-refractivity contribution in [2.45, 2.75) is 30.7 Å². The zero-order valence-electron chi connectivity index (χ0n) is 12.2. The molecule has 0 radical (unpaired) electrons. The van der Waals surface area contributed by atoms with Gasteiger partial charge in [0.25, 0.3) is 0 Å². The average Bonchev–Trinajstić information content (AvgIpc) is 3.03. The maximum absolute atomic E-state index is 12.8. The normalized spacial score (nSPS) is 29.5. The fraction of sp³-hybridized carbons (Fsp3) is 0.600. The number of rotatable bonds is 4. The molecule has 3 atom stereocenters. The summed E-state index contributed by atoms with van der Waals surface area (Å²) in [6, 6.07) is 6.88. The lowest BCUT2D eigenvalue weighted by atomic mass is 9.98. The number of hydrogen-bond donors (Lipinski definition) is 1. The van der Waals surface area contributed by atoms with Crippen LogP contribution in [-0.2, 0) is 10.0 Å². The summed E-state index contributed by atoms with van der Waals surface area (Å²) in [5.74, 6) is 1.33. The van der Waals surface area contributed by atoms with Crippen molar-refractivity contribution < 1.29 is 13.2 Å². The first-order valence-corrected chi connectivity index (χ1v) is 8.95. The summed E-state index contributed by atoms with van der Waals surface area (Å²) in [5.41, 5.74) is 6.09. The minimum absolute atomic E-state index is 0.143. The van der Waals surface area contributed by atoms with Gasteiger partial charge in [0, 0.05) is 25.2 Å². The third-order valence-electron chi connectivity index (χ3n) is 4.63. The van der Waals surface area contributed by atoms with Crippen LogP contribution < -0.4 is 10.5 Å². The quantitative estimate of drug-likeness (QED) is 0.913. The number of sulfonamides is 1. The summed E-state index contributed by atoms with van der Waals surface area (Å²) < 4.78 is 32.5. The smallest absolute Gasteiger partial charge is 0.243 e. The minimum atomic E-state index is -3.45. The second kappa shape index (κ2) is 5.59. The molecular formula is C15H22N2O3S.